The van der Waals surface area contributed by atoms with Crippen molar-refractivity contribution in [3.8, 4) is 0 Å². The molecular formula is C15H29N3O2. The molecule has 20 heavy (non-hydrogen) atoms. The second kappa shape index (κ2) is 7.38. The Kier molecular flexibility index (Phi) is 5.81. The van der Waals surface area contributed by atoms with E-state index in [0.717, 1.165) is 45.8 Å². The molecule has 2 rings (SSSR count). The van der Waals surface area contributed by atoms with Crippen molar-refractivity contribution in [3.63, 3.8) is 0 Å². The molecule has 2 saturated heterocycles. The molecule has 1 amide bonds. The highest BCUT2D eigenvalue weighted by atomic mass is 16.5. The van der Waals surface area contributed by atoms with Crippen molar-refractivity contribution in [1.82, 2.24) is 9.80 Å². The number of carbonyl (C=O) groups excluding carboxylic acids is 1. The number of rotatable bonds is 5. The van der Waals surface area contributed by atoms with Gasteiger partial charge in [-0.05, 0) is 25.2 Å². The van der Waals surface area contributed by atoms with Crippen molar-refractivity contribution < 1.29 is 9.53 Å². The van der Waals surface area contributed by atoms with Crippen LogP contribution < -0.4 is 5.73 Å². The Bertz CT molecular complexity index is 308. The molecule has 2 heterocycles. The molecule has 0 aromatic rings. The number of hydrogen-bond donors (Lipinski definition) is 1. The summed E-state index contributed by atoms with van der Waals surface area (Å²) in [5.41, 5.74) is 5.99. The summed E-state index contributed by atoms with van der Waals surface area (Å²) in [7, 11) is 0. The molecule has 0 saturated carbocycles. The predicted octanol–water partition coefficient (Wildman–Crippen LogP) is 0.683. The first-order valence-corrected chi connectivity index (χ1v) is 7.94. The Labute approximate surface area is 122 Å². The first-order valence-electron chi connectivity index (χ1n) is 7.94. The van der Waals surface area contributed by atoms with E-state index in [2.05, 4.69) is 18.7 Å². The van der Waals surface area contributed by atoms with Crippen LogP contribution in [-0.4, -0.2) is 67.2 Å². The summed E-state index contributed by atoms with van der Waals surface area (Å²) in [5, 5.41) is 0. The fraction of sp³-hybridized carbons (Fsp3) is 0.933. The number of nitrogens with two attached hydrogens (primary N) is 1. The maximum Gasteiger partial charge on any atom is 0.239 e. The minimum Gasteiger partial charge on any atom is -0.377 e. The van der Waals surface area contributed by atoms with Gasteiger partial charge in [-0.15, -0.1) is 0 Å². The molecule has 2 atom stereocenters. The van der Waals surface area contributed by atoms with Crippen LogP contribution in [0.1, 0.15) is 33.1 Å². The average Bonchev–Trinajstić information content (AvgIpc) is 2.91. The van der Waals surface area contributed by atoms with Gasteiger partial charge in [0.05, 0.1) is 12.1 Å². The van der Waals surface area contributed by atoms with Crippen molar-refractivity contribution in [2.45, 2.75) is 45.3 Å². The minimum atomic E-state index is -0.334. The van der Waals surface area contributed by atoms with E-state index < -0.39 is 0 Å². The number of carbonyl (C=O) groups is 1. The van der Waals surface area contributed by atoms with Gasteiger partial charge in [-0.25, -0.2) is 0 Å². The summed E-state index contributed by atoms with van der Waals surface area (Å²) in [6.45, 7) is 9.63. The number of nitrogens with zero attached hydrogens (tertiary/aromatic N) is 2. The van der Waals surface area contributed by atoms with Gasteiger partial charge < -0.3 is 15.4 Å². The monoisotopic (exact) mass is 283 g/mol. The molecule has 5 nitrogen and oxygen atoms in total. The van der Waals surface area contributed by atoms with Crippen LogP contribution in [0.2, 0.25) is 0 Å². The zero-order chi connectivity index (χ0) is 14.5. The smallest absolute Gasteiger partial charge is 0.239 e. The average molecular weight is 283 g/mol. The zero-order valence-electron chi connectivity index (χ0n) is 12.9. The molecule has 0 aliphatic carbocycles. The SMILES string of the molecule is CC(C)C[C@H](N)C(=O)N1CCN(CC2CCCO2)CC1. The normalized spacial score (nSPS) is 26.2. The van der Waals surface area contributed by atoms with E-state index >= 15 is 0 Å². The van der Waals surface area contributed by atoms with Crippen LogP contribution in [0, 0.1) is 5.92 Å². The second-order valence-corrected chi connectivity index (χ2v) is 6.50. The molecule has 2 aliphatic rings. The number of amides is 1. The Morgan fingerprint density at radius 3 is 2.55 bits per heavy atom. The van der Waals surface area contributed by atoms with Crippen LogP contribution in [0.5, 0.6) is 0 Å². The molecule has 0 radical (unpaired) electrons. The molecule has 0 aromatic carbocycles. The summed E-state index contributed by atoms with van der Waals surface area (Å²) in [4.78, 5) is 16.6. The molecule has 0 aromatic heterocycles. The highest BCUT2D eigenvalue weighted by molar-refractivity contribution is 5.81. The lowest BCUT2D eigenvalue weighted by molar-refractivity contribution is -0.134. The van der Waals surface area contributed by atoms with Crippen LogP contribution in [0.15, 0.2) is 0 Å². The predicted molar refractivity (Wildman–Crippen MR) is 79.4 cm³/mol. The standard InChI is InChI=1S/C15H29N3O2/c1-12(2)10-14(16)15(19)18-7-5-17(6-8-18)11-13-4-3-9-20-13/h12-14H,3-11,16H2,1-2H3/t13?,14-/m0/s1. The molecule has 0 bridgehead atoms. The Hall–Kier alpha value is -0.650. The fourth-order valence-corrected chi connectivity index (χ4v) is 3.07. The molecule has 2 fully saturated rings. The van der Waals surface area contributed by atoms with Crippen molar-refractivity contribution in [2.24, 2.45) is 11.7 Å². The third kappa shape index (κ3) is 4.43. The fourth-order valence-electron chi connectivity index (χ4n) is 3.07. The summed E-state index contributed by atoms with van der Waals surface area (Å²) < 4.78 is 5.67. The Balaban J connectivity index is 1.71. The van der Waals surface area contributed by atoms with Gasteiger partial charge in [-0.1, -0.05) is 13.8 Å². The molecule has 116 valence electrons. The topological polar surface area (TPSA) is 58.8 Å². The van der Waals surface area contributed by atoms with Gasteiger partial charge in [-0.2, -0.15) is 0 Å². The largest absolute Gasteiger partial charge is 0.377 e. The van der Waals surface area contributed by atoms with E-state index in [-0.39, 0.29) is 11.9 Å². The van der Waals surface area contributed by atoms with Crippen LogP contribution in [0.3, 0.4) is 0 Å². The quantitative estimate of drug-likeness (QED) is 0.806. The van der Waals surface area contributed by atoms with Gasteiger partial charge in [0, 0.05) is 39.3 Å². The number of ether oxygens (including phenoxy) is 1. The van der Waals surface area contributed by atoms with Gasteiger partial charge in [0.15, 0.2) is 0 Å². The number of piperazine rings is 1. The summed E-state index contributed by atoms with van der Waals surface area (Å²) in [6, 6.07) is -0.334. The first kappa shape index (κ1) is 15.7. The van der Waals surface area contributed by atoms with E-state index in [1.54, 1.807) is 0 Å². The summed E-state index contributed by atoms with van der Waals surface area (Å²) >= 11 is 0. The van der Waals surface area contributed by atoms with Gasteiger partial charge in [0.2, 0.25) is 5.91 Å². The molecule has 1 unspecified atom stereocenters. The van der Waals surface area contributed by atoms with Gasteiger partial charge in [-0.3, -0.25) is 9.69 Å². The van der Waals surface area contributed by atoms with Gasteiger partial charge in [0.1, 0.15) is 0 Å². The van der Waals surface area contributed by atoms with E-state index in [0.29, 0.717) is 12.0 Å². The zero-order valence-corrected chi connectivity index (χ0v) is 12.9. The molecule has 0 spiro atoms. The summed E-state index contributed by atoms with van der Waals surface area (Å²) in [5.74, 6) is 0.588. The van der Waals surface area contributed by atoms with E-state index in [1.165, 1.54) is 12.8 Å². The summed E-state index contributed by atoms with van der Waals surface area (Å²) in [6.07, 6.45) is 3.54. The van der Waals surface area contributed by atoms with E-state index in [9.17, 15) is 4.79 Å². The van der Waals surface area contributed by atoms with Gasteiger partial charge >= 0.3 is 0 Å². The van der Waals surface area contributed by atoms with Crippen molar-refractivity contribution in [3.05, 3.63) is 0 Å². The lowest BCUT2D eigenvalue weighted by Crippen LogP contribution is -2.54. The Morgan fingerprint density at radius 1 is 1.30 bits per heavy atom. The van der Waals surface area contributed by atoms with E-state index in [1.807, 2.05) is 4.90 Å². The molecule has 2 aliphatic heterocycles. The highest BCUT2D eigenvalue weighted by Gasteiger charge is 2.27. The lowest BCUT2D eigenvalue weighted by atomic mass is 10.0. The van der Waals surface area contributed by atoms with Crippen molar-refractivity contribution in [2.75, 3.05) is 39.3 Å². The van der Waals surface area contributed by atoms with Crippen LogP contribution in [0.4, 0.5) is 0 Å². The Morgan fingerprint density at radius 2 is 2.00 bits per heavy atom. The maximum absolute atomic E-state index is 12.2. The van der Waals surface area contributed by atoms with Crippen molar-refractivity contribution in [1.29, 1.82) is 0 Å². The van der Waals surface area contributed by atoms with Crippen LogP contribution >= 0.6 is 0 Å². The third-order valence-corrected chi connectivity index (χ3v) is 4.21. The van der Waals surface area contributed by atoms with Crippen LogP contribution in [-0.2, 0) is 9.53 Å². The second-order valence-electron chi connectivity index (χ2n) is 6.50. The molecule has 2 N–H and O–H groups in total. The molecular weight excluding hydrogens is 254 g/mol. The molecule has 5 heteroatoms. The lowest BCUT2D eigenvalue weighted by Gasteiger charge is -2.36. The minimum absolute atomic E-state index is 0.121. The third-order valence-electron chi connectivity index (χ3n) is 4.21. The van der Waals surface area contributed by atoms with Crippen molar-refractivity contribution >= 4 is 5.91 Å². The first-order chi connectivity index (χ1) is 9.56. The van der Waals surface area contributed by atoms with Crippen LogP contribution in [0.25, 0.3) is 0 Å². The van der Waals surface area contributed by atoms with E-state index in [4.69, 9.17) is 10.5 Å². The highest BCUT2D eigenvalue weighted by Crippen LogP contribution is 2.15. The maximum atomic E-state index is 12.2. The number of hydrogen-bond acceptors (Lipinski definition) is 4. The van der Waals surface area contributed by atoms with Gasteiger partial charge in [0.25, 0.3) is 0 Å².